The van der Waals surface area contributed by atoms with Crippen molar-refractivity contribution >= 4 is 0 Å². The predicted molar refractivity (Wildman–Crippen MR) is 43.3 cm³/mol. The maximum atomic E-state index is 4.12. The predicted octanol–water partition coefficient (Wildman–Crippen LogP) is 0.182. The lowest BCUT2D eigenvalue weighted by atomic mass is 9.96. The van der Waals surface area contributed by atoms with Crippen molar-refractivity contribution in [2.75, 3.05) is 13.1 Å². The molecule has 0 radical (unpaired) electrons. The fraction of sp³-hybridized carbons (Fsp3) is 0.625. The lowest BCUT2D eigenvalue weighted by molar-refractivity contribution is 0.346. The third-order valence-corrected chi connectivity index (χ3v) is 2.15. The molecule has 2 heterocycles. The molecule has 1 aromatic rings. The van der Waals surface area contributed by atoms with E-state index < -0.39 is 0 Å². The number of rotatable bonds is 2. The summed E-state index contributed by atoms with van der Waals surface area (Å²) in [4.78, 5) is 0. The second-order valence-electron chi connectivity index (χ2n) is 3.25. The Morgan fingerprint density at radius 2 is 2.55 bits per heavy atom. The summed E-state index contributed by atoms with van der Waals surface area (Å²) in [6, 6.07) is 0. The lowest BCUT2D eigenvalue weighted by Crippen LogP contribution is -2.42. The van der Waals surface area contributed by atoms with Gasteiger partial charge in [-0.15, -0.1) is 0 Å². The van der Waals surface area contributed by atoms with Crippen LogP contribution in [0.2, 0.25) is 0 Å². The highest BCUT2D eigenvalue weighted by atomic mass is 15.2. The molecule has 60 valence electrons. The van der Waals surface area contributed by atoms with Crippen LogP contribution in [0, 0.1) is 5.92 Å². The molecule has 1 aliphatic heterocycles. The molecule has 1 N–H and O–H groups in total. The van der Waals surface area contributed by atoms with Crippen molar-refractivity contribution in [2.45, 2.75) is 6.42 Å². The van der Waals surface area contributed by atoms with Crippen LogP contribution in [0.4, 0.5) is 0 Å². The molecule has 0 bridgehead atoms. The van der Waals surface area contributed by atoms with Crippen molar-refractivity contribution in [1.29, 1.82) is 0 Å². The first-order chi connectivity index (χ1) is 5.34. The summed E-state index contributed by atoms with van der Waals surface area (Å²) in [6.07, 6.45) is 5.23. The number of hydrogen-bond acceptors (Lipinski definition) is 2. The van der Waals surface area contributed by atoms with Gasteiger partial charge in [-0.3, -0.25) is 4.68 Å². The topological polar surface area (TPSA) is 29.9 Å². The highest BCUT2D eigenvalue weighted by Gasteiger charge is 2.17. The number of nitrogens with zero attached hydrogens (tertiary/aromatic N) is 2. The molecule has 0 aliphatic carbocycles. The Labute approximate surface area is 66.4 Å². The van der Waals surface area contributed by atoms with Gasteiger partial charge in [0.1, 0.15) is 0 Å². The highest BCUT2D eigenvalue weighted by molar-refractivity contribution is 5.06. The van der Waals surface area contributed by atoms with Crippen LogP contribution < -0.4 is 5.32 Å². The van der Waals surface area contributed by atoms with E-state index in [1.54, 1.807) is 0 Å². The van der Waals surface area contributed by atoms with E-state index in [9.17, 15) is 0 Å². The second-order valence-corrected chi connectivity index (χ2v) is 3.25. The largest absolute Gasteiger partial charge is 0.316 e. The van der Waals surface area contributed by atoms with Crippen molar-refractivity contribution in [3.63, 3.8) is 0 Å². The van der Waals surface area contributed by atoms with Gasteiger partial charge in [-0.25, -0.2) is 0 Å². The molecule has 0 aromatic carbocycles. The van der Waals surface area contributed by atoms with E-state index in [2.05, 4.69) is 16.6 Å². The van der Waals surface area contributed by atoms with E-state index in [0.717, 1.165) is 5.92 Å². The van der Waals surface area contributed by atoms with E-state index in [0.29, 0.717) is 0 Å². The fourth-order valence-corrected chi connectivity index (χ4v) is 1.40. The normalized spacial score (nSPS) is 18.3. The zero-order valence-electron chi connectivity index (χ0n) is 6.75. The number of hydrogen-bond donors (Lipinski definition) is 1. The number of nitrogens with one attached hydrogen (secondary N) is 1. The summed E-state index contributed by atoms with van der Waals surface area (Å²) in [6.45, 7) is 2.35. The third-order valence-electron chi connectivity index (χ3n) is 2.15. The van der Waals surface area contributed by atoms with Gasteiger partial charge in [0, 0.05) is 13.2 Å². The molecule has 3 heteroatoms. The molecular weight excluding hydrogens is 138 g/mol. The van der Waals surface area contributed by atoms with Gasteiger partial charge in [0.05, 0.1) is 6.20 Å². The van der Waals surface area contributed by atoms with Crippen LogP contribution in [0.1, 0.15) is 5.56 Å². The van der Waals surface area contributed by atoms with Gasteiger partial charge >= 0.3 is 0 Å². The zero-order valence-corrected chi connectivity index (χ0v) is 6.75. The zero-order chi connectivity index (χ0) is 7.68. The average molecular weight is 151 g/mol. The van der Waals surface area contributed by atoms with Crippen LogP contribution in [0.3, 0.4) is 0 Å². The quantitative estimate of drug-likeness (QED) is 0.653. The summed E-state index contributed by atoms with van der Waals surface area (Å²) in [5.41, 5.74) is 1.36. The molecule has 3 nitrogen and oxygen atoms in total. The minimum absolute atomic E-state index is 0.846. The van der Waals surface area contributed by atoms with Gasteiger partial charge in [0.25, 0.3) is 0 Å². The smallest absolute Gasteiger partial charge is 0.0521 e. The summed E-state index contributed by atoms with van der Waals surface area (Å²) in [5.74, 6) is 0.846. The Balaban J connectivity index is 1.95. The van der Waals surface area contributed by atoms with Crippen LogP contribution in [0.5, 0.6) is 0 Å². The van der Waals surface area contributed by atoms with Gasteiger partial charge in [-0.1, -0.05) is 0 Å². The lowest BCUT2D eigenvalue weighted by Gasteiger charge is -2.26. The van der Waals surface area contributed by atoms with Crippen molar-refractivity contribution < 1.29 is 0 Å². The molecule has 0 saturated carbocycles. The van der Waals surface area contributed by atoms with Crippen molar-refractivity contribution in [2.24, 2.45) is 13.0 Å². The SMILES string of the molecule is Cn1cc(CC2CNC2)cn1. The first kappa shape index (κ1) is 6.85. The monoisotopic (exact) mass is 151 g/mol. The average Bonchev–Trinajstić information content (AvgIpc) is 2.27. The maximum Gasteiger partial charge on any atom is 0.0521 e. The van der Waals surface area contributed by atoms with E-state index >= 15 is 0 Å². The molecule has 0 unspecified atom stereocenters. The van der Waals surface area contributed by atoms with Gasteiger partial charge in [-0.05, 0) is 31.0 Å². The molecular formula is C8H13N3. The molecule has 0 spiro atoms. The van der Waals surface area contributed by atoms with Crippen molar-refractivity contribution in [3.8, 4) is 0 Å². The molecule has 0 atom stereocenters. The van der Waals surface area contributed by atoms with E-state index in [1.807, 2.05) is 17.9 Å². The van der Waals surface area contributed by atoms with Crippen LogP contribution in [0.25, 0.3) is 0 Å². The molecule has 2 rings (SSSR count). The standard InChI is InChI=1S/C8H13N3/c1-11-6-8(5-10-11)2-7-3-9-4-7/h5-7,9H,2-4H2,1H3. The number of aromatic nitrogens is 2. The van der Waals surface area contributed by atoms with Crippen LogP contribution in [0.15, 0.2) is 12.4 Å². The van der Waals surface area contributed by atoms with Crippen molar-refractivity contribution in [1.82, 2.24) is 15.1 Å². The van der Waals surface area contributed by atoms with E-state index in [4.69, 9.17) is 0 Å². The van der Waals surface area contributed by atoms with Gasteiger partial charge in [-0.2, -0.15) is 5.10 Å². The molecule has 1 fully saturated rings. The van der Waals surface area contributed by atoms with Gasteiger partial charge in [0.15, 0.2) is 0 Å². The molecule has 11 heavy (non-hydrogen) atoms. The van der Waals surface area contributed by atoms with Crippen molar-refractivity contribution in [3.05, 3.63) is 18.0 Å². The second kappa shape index (κ2) is 2.66. The Hall–Kier alpha value is -0.830. The first-order valence-electron chi connectivity index (χ1n) is 4.03. The van der Waals surface area contributed by atoms with E-state index in [-0.39, 0.29) is 0 Å². The first-order valence-corrected chi connectivity index (χ1v) is 4.03. The van der Waals surface area contributed by atoms with Gasteiger partial charge < -0.3 is 5.32 Å². The molecule has 1 aromatic heterocycles. The summed E-state index contributed by atoms with van der Waals surface area (Å²) < 4.78 is 1.86. The summed E-state index contributed by atoms with van der Waals surface area (Å²) in [7, 11) is 1.96. The highest BCUT2D eigenvalue weighted by Crippen LogP contribution is 2.10. The van der Waals surface area contributed by atoms with Crippen LogP contribution >= 0.6 is 0 Å². The Morgan fingerprint density at radius 3 is 3.00 bits per heavy atom. The maximum absolute atomic E-state index is 4.12. The van der Waals surface area contributed by atoms with E-state index in [1.165, 1.54) is 25.1 Å². The minimum atomic E-state index is 0.846. The molecule has 0 amide bonds. The summed E-state index contributed by atoms with van der Waals surface area (Å²) in [5, 5.41) is 7.39. The number of aryl methyl sites for hydroxylation is 1. The molecule has 1 aliphatic rings. The van der Waals surface area contributed by atoms with Crippen LogP contribution in [-0.4, -0.2) is 22.9 Å². The Morgan fingerprint density at radius 1 is 1.73 bits per heavy atom. The Kier molecular flexibility index (Phi) is 1.66. The van der Waals surface area contributed by atoms with Crippen LogP contribution in [-0.2, 0) is 13.5 Å². The minimum Gasteiger partial charge on any atom is -0.316 e. The molecule has 1 saturated heterocycles. The third kappa shape index (κ3) is 1.43. The summed E-state index contributed by atoms with van der Waals surface area (Å²) >= 11 is 0. The van der Waals surface area contributed by atoms with Gasteiger partial charge in [0.2, 0.25) is 0 Å². The Bertz CT molecular complexity index is 237. The fourth-order valence-electron chi connectivity index (χ4n) is 1.40.